The summed E-state index contributed by atoms with van der Waals surface area (Å²) < 4.78 is 42.8. The summed E-state index contributed by atoms with van der Waals surface area (Å²) in [6.45, 7) is 2.58. The molecule has 0 saturated carbocycles. The average Bonchev–Trinajstić information content (AvgIpc) is 2.82. The number of alkyl halides is 3. The number of aromatic nitrogens is 2. The number of carbonyl (C=O) groups excluding carboxylic acids is 1. The van der Waals surface area contributed by atoms with Crippen molar-refractivity contribution in [2.24, 2.45) is 0 Å². The molecule has 5 nitrogen and oxygen atoms in total. The lowest BCUT2D eigenvalue weighted by atomic mass is 10.2. The first kappa shape index (κ1) is 15.5. The number of likely N-dealkylation sites (N-methyl/N-ethyl adjacent to an activating group) is 1. The van der Waals surface area contributed by atoms with Gasteiger partial charge in [0.2, 0.25) is 0 Å². The number of nitrogens with one attached hydrogen (secondary N) is 1. The molecule has 0 aliphatic carbocycles. The molecule has 0 aliphatic rings. The van der Waals surface area contributed by atoms with Crippen molar-refractivity contribution >= 4 is 5.97 Å². The molecule has 19 heavy (non-hydrogen) atoms. The molecule has 1 aromatic rings. The third-order valence-corrected chi connectivity index (χ3v) is 2.51. The number of hydrogen-bond acceptors (Lipinski definition) is 4. The van der Waals surface area contributed by atoms with Gasteiger partial charge < -0.3 is 10.1 Å². The molecule has 0 bridgehead atoms. The zero-order chi connectivity index (χ0) is 14.5. The molecule has 0 fully saturated rings. The van der Waals surface area contributed by atoms with Gasteiger partial charge in [-0.2, -0.15) is 18.3 Å². The van der Waals surface area contributed by atoms with Crippen molar-refractivity contribution in [3.63, 3.8) is 0 Å². The van der Waals surface area contributed by atoms with Crippen LogP contribution >= 0.6 is 0 Å². The van der Waals surface area contributed by atoms with E-state index in [1.165, 1.54) is 13.3 Å². The van der Waals surface area contributed by atoms with Gasteiger partial charge in [-0.25, -0.2) is 0 Å². The highest BCUT2D eigenvalue weighted by atomic mass is 19.4. The molecule has 1 atom stereocenters. The number of aryl methyl sites for hydroxylation is 1. The van der Waals surface area contributed by atoms with Crippen LogP contribution in [0.15, 0.2) is 12.3 Å². The molecule has 0 aromatic carbocycles. The molecule has 1 rings (SSSR count). The Bertz CT molecular complexity index is 418. The maximum atomic E-state index is 12.3. The van der Waals surface area contributed by atoms with Crippen molar-refractivity contribution < 1.29 is 22.7 Å². The van der Waals surface area contributed by atoms with E-state index in [4.69, 9.17) is 0 Å². The van der Waals surface area contributed by atoms with E-state index in [9.17, 15) is 18.0 Å². The van der Waals surface area contributed by atoms with E-state index in [1.807, 2.05) is 6.92 Å². The van der Waals surface area contributed by atoms with Crippen LogP contribution in [-0.2, 0) is 22.3 Å². The van der Waals surface area contributed by atoms with Crippen LogP contribution in [0.25, 0.3) is 0 Å². The molecular formula is C11H16F3N3O2. The molecule has 8 heteroatoms. The number of ether oxygens (including phenoxy) is 1. The van der Waals surface area contributed by atoms with Crippen LogP contribution in [0.2, 0.25) is 0 Å². The Morgan fingerprint density at radius 2 is 2.26 bits per heavy atom. The Kier molecular flexibility index (Phi) is 5.34. The van der Waals surface area contributed by atoms with Gasteiger partial charge in [0, 0.05) is 12.7 Å². The van der Waals surface area contributed by atoms with Gasteiger partial charge in [-0.3, -0.25) is 9.48 Å². The Hall–Kier alpha value is -1.57. The fraction of sp³-hybridized carbons (Fsp3) is 0.636. The molecule has 0 saturated heterocycles. The standard InChI is InChI=1S/C11H16F3N3O2/c1-3-15-8(10(18)19-2)4-6-17-7-5-9(16-17)11(12,13)14/h5,7-8,15H,3-4,6H2,1-2H3. The van der Waals surface area contributed by atoms with Gasteiger partial charge in [0.05, 0.1) is 7.11 Å². The fourth-order valence-corrected chi connectivity index (χ4v) is 1.59. The van der Waals surface area contributed by atoms with Crippen LogP contribution < -0.4 is 5.32 Å². The molecule has 0 amide bonds. The van der Waals surface area contributed by atoms with Crippen molar-refractivity contribution in [3.05, 3.63) is 18.0 Å². The van der Waals surface area contributed by atoms with Crippen molar-refractivity contribution in [3.8, 4) is 0 Å². The number of hydrogen-bond donors (Lipinski definition) is 1. The van der Waals surface area contributed by atoms with Crippen molar-refractivity contribution in [1.82, 2.24) is 15.1 Å². The van der Waals surface area contributed by atoms with Gasteiger partial charge in [-0.05, 0) is 19.0 Å². The third-order valence-electron chi connectivity index (χ3n) is 2.51. The van der Waals surface area contributed by atoms with E-state index < -0.39 is 23.9 Å². The van der Waals surface area contributed by atoms with Gasteiger partial charge in [-0.15, -0.1) is 0 Å². The highest BCUT2D eigenvalue weighted by molar-refractivity contribution is 5.75. The topological polar surface area (TPSA) is 56.2 Å². The smallest absolute Gasteiger partial charge is 0.435 e. The lowest BCUT2D eigenvalue weighted by molar-refractivity contribution is -0.144. The highest BCUT2D eigenvalue weighted by Crippen LogP contribution is 2.27. The van der Waals surface area contributed by atoms with Crippen molar-refractivity contribution in [2.75, 3.05) is 13.7 Å². The van der Waals surface area contributed by atoms with E-state index >= 15 is 0 Å². The van der Waals surface area contributed by atoms with Gasteiger partial charge in [0.1, 0.15) is 6.04 Å². The lowest BCUT2D eigenvalue weighted by Gasteiger charge is -2.15. The van der Waals surface area contributed by atoms with Gasteiger partial charge >= 0.3 is 12.1 Å². The fourth-order valence-electron chi connectivity index (χ4n) is 1.59. The van der Waals surface area contributed by atoms with E-state index in [1.54, 1.807) is 0 Å². The first-order valence-corrected chi connectivity index (χ1v) is 5.80. The van der Waals surface area contributed by atoms with Crippen LogP contribution in [0.1, 0.15) is 19.0 Å². The van der Waals surface area contributed by atoms with Gasteiger partial charge in [0.15, 0.2) is 5.69 Å². The molecule has 1 heterocycles. The number of methoxy groups -OCH3 is 1. The minimum absolute atomic E-state index is 0.197. The van der Waals surface area contributed by atoms with E-state index in [0.29, 0.717) is 13.0 Å². The molecule has 108 valence electrons. The Balaban J connectivity index is 2.59. The molecule has 1 N–H and O–H groups in total. The molecule has 0 spiro atoms. The number of nitrogens with zero attached hydrogens (tertiary/aromatic N) is 2. The number of carbonyl (C=O) groups is 1. The summed E-state index contributed by atoms with van der Waals surface area (Å²) in [5.74, 6) is -0.440. The second-order valence-corrected chi connectivity index (χ2v) is 3.88. The zero-order valence-corrected chi connectivity index (χ0v) is 10.7. The van der Waals surface area contributed by atoms with E-state index in [2.05, 4.69) is 15.2 Å². The van der Waals surface area contributed by atoms with E-state index in [-0.39, 0.29) is 6.54 Å². The Morgan fingerprint density at radius 1 is 1.58 bits per heavy atom. The minimum Gasteiger partial charge on any atom is -0.468 e. The summed E-state index contributed by atoms with van der Waals surface area (Å²) >= 11 is 0. The van der Waals surface area contributed by atoms with E-state index in [0.717, 1.165) is 10.7 Å². The monoisotopic (exact) mass is 279 g/mol. The van der Waals surface area contributed by atoms with Crippen LogP contribution in [0.4, 0.5) is 13.2 Å². The predicted octanol–water partition coefficient (Wildman–Crippen LogP) is 1.44. The molecular weight excluding hydrogens is 263 g/mol. The average molecular weight is 279 g/mol. The minimum atomic E-state index is -4.45. The van der Waals surface area contributed by atoms with Crippen molar-refractivity contribution in [1.29, 1.82) is 0 Å². The number of rotatable bonds is 6. The second kappa shape index (κ2) is 6.55. The summed E-state index contributed by atoms with van der Waals surface area (Å²) in [6.07, 6.45) is -2.91. The predicted molar refractivity (Wildman–Crippen MR) is 61.3 cm³/mol. The van der Waals surface area contributed by atoms with Crippen LogP contribution in [0, 0.1) is 0 Å². The second-order valence-electron chi connectivity index (χ2n) is 3.88. The molecule has 1 unspecified atom stereocenters. The molecule has 1 aromatic heterocycles. The zero-order valence-electron chi connectivity index (χ0n) is 10.7. The van der Waals surface area contributed by atoms with Crippen molar-refractivity contribution in [2.45, 2.75) is 32.1 Å². The summed E-state index contributed by atoms with van der Waals surface area (Å²) in [5.41, 5.74) is -0.939. The summed E-state index contributed by atoms with van der Waals surface area (Å²) in [6, 6.07) is 0.356. The first-order valence-electron chi connectivity index (χ1n) is 5.80. The number of esters is 1. The normalized spacial score (nSPS) is 13.3. The van der Waals surface area contributed by atoms with Gasteiger partial charge in [-0.1, -0.05) is 6.92 Å². The van der Waals surface area contributed by atoms with Crippen LogP contribution in [0.5, 0.6) is 0 Å². The van der Waals surface area contributed by atoms with Crippen LogP contribution in [-0.4, -0.2) is 35.4 Å². The Morgan fingerprint density at radius 3 is 2.74 bits per heavy atom. The summed E-state index contributed by atoms with van der Waals surface area (Å²) in [4.78, 5) is 11.4. The summed E-state index contributed by atoms with van der Waals surface area (Å²) in [5, 5.41) is 6.31. The summed E-state index contributed by atoms with van der Waals surface area (Å²) in [7, 11) is 1.27. The maximum Gasteiger partial charge on any atom is 0.435 e. The highest BCUT2D eigenvalue weighted by Gasteiger charge is 2.33. The maximum absolute atomic E-state index is 12.3. The quantitative estimate of drug-likeness (QED) is 0.801. The largest absolute Gasteiger partial charge is 0.468 e. The van der Waals surface area contributed by atoms with Gasteiger partial charge in [0.25, 0.3) is 0 Å². The lowest BCUT2D eigenvalue weighted by Crippen LogP contribution is -2.38. The van der Waals surface area contributed by atoms with Crippen LogP contribution in [0.3, 0.4) is 0 Å². The third kappa shape index (κ3) is 4.55. The SMILES string of the molecule is CCNC(CCn1ccc(C(F)(F)F)n1)C(=O)OC. The molecule has 0 radical (unpaired) electrons. The number of halogens is 3. The first-order chi connectivity index (χ1) is 8.88. The Labute approximate surface area is 108 Å². The molecule has 0 aliphatic heterocycles.